The van der Waals surface area contributed by atoms with Crippen LogP contribution in [0.15, 0.2) is 24.3 Å². The molecule has 2 aromatic rings. The maximum Gasteiger partial charge on any atom is 0 e. The Morgan fingerprint density at radius 3 is 1.69 bits per heavy atom. The topological polar surface area (TPSA) is 0 Å². The molecule has 0 aromatic heterocycles. The average molecular weight is 520 g/mol. The van der Waals surface area contributed by atoms with Crippen LogP contribution in [-0.4, -0.2) is 0 Å². The van der Waals surface area contributed by atoms with Gasteiger partial charge in [-0.1, -0.05) is 78.5 Å². The minimum atomic E-state index is 0. The third kappa shape index (κ3) is 9.58. The summed E-state index contributed by atoms with van der Waals surface area (Å²) in [5.41, 5.74) is 4.43. The van der Waals surface area contributed by atoms with E-state index < -0.39 is 0 Å². The number of hydrogen-bond acceptors (Lipinski definition) is 0. The molecule has 2 aromatic carbocycles. The van der Waals surface area contributed by atoms with Crippen LogP contribution in [0.2, 0.25) is 0 Å². The number of unbranched alkanes of at least 4 members (excludes halogenated alkanes) is 2. The van der Waals surface area contributed by atoms with Crippen LogP contribution in [0.3, 0.4) is 0 Å². The summed E-state index contributed by atoms with van der Waals surface area (Å²) in [6.07, 6.45) is 5.68. The molecule has 0 heterocycles. The van der Waals surface area contributed by atoms with Crippen LogP contribution in [0.25, 0.3) is 10.8 Å². The van der Waals surface area contributed by atoms with Gasteiger partial charge in [-0.15, -0.1) is 28.5 Å². The molecule has 0 unspecified atom stereocenters. The first-order chi connectivity index (χ1) is 11.9. The zero-order valence-electron chi connectivity index (χ0n) is 18.4. The largest absolute Gasteiger partial charge is 0.343 e. The minimum Gasteiger partial charge on any atom is -0.343 e. The molecule has 0 N–H and O–H groups in total. The van der Waals surface area contributed by atoms with E-state index in [0.29, 0.717) is 11.8 Å². The molecule has 0 amide bonds. The second kappa shape index (κ2) is 15.7. The maximum atomic E-state index is 3.60. The molecule has 0 saturated carbocycles. The normalized spacial score (nSPS) is 10.1. The Kier molecular flexibility index (Phi) is 16.9. The molecular weight excluding hydrogens is 479 g/mol. The SMILES string of the molecule is CCc1cc2c(C(C)C)cc(C(C)C)cc2[cH-]1.[CH2-]CCC.[CH2-]CCC.[Hf]. The van der Waals surface area contributed by atoms with Gasteiger partial charge in [0.15, 0.2) is 0 Å². The predicted molar refractivity (Wildman–Crippen MR) is 118 cm³/mol. The van der Waals surface area contributed by atoms with Crippen LogP contribution < -0.4 is 0 Å². The van der Waals surface area contributed by atoms with Gasteiger partial charge in [-0.2, -0.15) is 18.9 Å². The molecular formula is C25H41Hf-3. The predicted octanol–water partition coefficient (Wildman–Crippen LogP) is 8.61. The molecule has 0 atom stereocenters. The van der Waals surface area contributed by atoms with Crippen molar-refractivity contribution in [2.45, 2.75) is 92.4 Å². The second-order valence-corrected chi connectivity index (χ2v) is 7.35. The van der Waals surface area contributed by atoms with E-state index in [1.54, 1.807) is 0 Å². The zero-order valence-corrected chi connectivity index (χ0v) is 22.0. The third-order valence-corrected chi connectivity index (χ3v) is 4.34. The first-order valence-electron chi connectivity index (χ1n) is 10.2. The number of benzene rings is 1. The Hall–Kier alpha value is -0.300. The Morgan fingerprint density at radius 1 is 0.846 bits per heavy atom. The second-order valence-electron chi connectivity index (χ2n) is 7.35. The molecule has 0 bridgehead atoms. The standard InChI is InChI=1S/C17H23.2C4H9.Hf/c1-6-13-7-15-9-14(11(2)3)10-16(12(4)5)17(15)8-13;2*1-3-4-2;/h7-12H,6H2,1-5H3;2*1,3-4H2,2H3;/q3*-1;. The van der Waals surface area contributed by atoms with Crippen LogP contribution in [0.1, 0.15) is 103 Å². The van der Waals surface area contributed by atoms with Crippen molar-refractivity contribution in [3.63, 3.8) is 0 Å². The number of hydrogen-bond donors (Lipinski definition) is 0. The molecule has 0 aliphatic heterocycles. The summed E-state index contributed by atoms with van der Waals surface area (Å²) >= 11 is 0. The third-order valence-electron chi connectivity index (χ3n) is 4.34. The van der Waals surface area contributed by atoms with Crippen molar-refractivity contribution in [1.82, 2.24) is 0 Å². The van der Waals surface area contributed by atoms with E-state index in [0.717, 1.165) is 19.3 Å². The van der Waals surface area contributed by atoms with Gasteiger partial charge in [0, 0.05) is 25.8 Å². The van der Waals surface area contributed by atoms with Crippen molar-refractivity contribution < 1.29 is 25.8 Å². The van der Waals surface area contributed by atoms with E-state index in [9.17, 15) is 0 Å². The Bertz CT molecular complexity index is 567. The maximum absolute atomic E-state index is 3.60. The van der Waals surface area contributed by atoms with Gasteiger partial charge < -0.3 is 13.8 Å². The van der Waals surface area contributed by atoms with Crippen LogP contribution in [0.5, 0.6) is 0 Å². The van der Waals surface area contributed by atoms with Crippen LogP contribution in [-0.2, 0) is 32.3 Å². The molecule has 0 fully saturated rings. The summed E-state index contributed by atoms with van der Waals surface area (Å²) in [5.74, 6) is 1.21. The van der Waals surface area contributed by atoms with E-state index >= 15 is 0 Å². The molecule has 2 rings (SSSR count). The molecule has 26 heavy (non-hydrogen) atoms. The van der Waals surface area contributed by atoms with E-state index in [-0.39, 0.29) is 25.8 Å². The molecule has 1 heteroatoms. The Morgan fingerprint density at radius 2 is 1.35 bits per heavy atom. The smallest absolute Gasteiger partial charge is 0 e. The van der Waals surface area contributed by atoms with Gasteiger partial charge in [-0.05, 0) is 18.3 Å². The van der Waals surface area contributed by atoms with Crippen molar-refractivity contribution in [3.05, 3.63) is 54.8 Å². The fourth-order valence-electron chi connectivity index (χ4n) is 2.45. The molecule has 0 nitrogen and oxygen atoms in total. The summed E-state index contributed by atoms with van der Waals surface area (Å²) in [7, 11) is 0. The van der Waals surface area contributed by atoms with Gasteiger partial charge in [0.25, 0.3) is 0 Å². The first-order valence-corrected chi connectivity index (χ1v) is 10.2. The molecule has 148 valence electrons. The summed E-state index contributed by atoms with van der Waals surface area (Å²) in [5, 5.41) is 2.89. The number of aryl methyl sites for hydroxylation is 1. The van der Waals surface area contributed by atoms with E-state index in [1.807, 2.05) is 0 Å². The van der Waals surface area contributed by atoms with E-state index in [1.165, 1.54) is 40.3 Å². The summed E-state index contributed by atoms with van der Waals surface area (Å²) in [4.78, 5) is 0. The van der Waals surface area contributed by atoms with Crippen molar-refractivity contribution in [1.29, 1.82) is 0 Å². The van der Waals surface area contributed by atoms with Crippen molar-refractivity contribution in [2.24, 2.45) is 0 Å². The molecule has 0 saturated heterocycles. The van der Waals surface area contributed by atoms with Crippen molar-refractivity contribution in [2.75, 3.05) is 0 Å². The molecule has 0 aliphatic carbocycles. The van der Waals surface area contributed by atoms with E-state index in [2.05, 4.69) is 86.6 Å². The summed E-state index contributed by atoms with van der Waals surface area (Å²) in [6.45, 7) is 22.8. The van der Waals surface area contributed by atoms with Crippen LogP contribution in [0.4, 0.5) is 0 Å². The van der Waals surface area contributed by atoms with Crippen LogP contribution in [0, 0.1) is 13.8 Å². The fourth-order valence-corrected chi connectivity index (χ4v) is 2.45. The van der Waals surface area contributed by atoms with Crippen LogP contribution >= 0.6 is 0 Å². The van der Waals surface area contributed by atoms with Gasteiger partial charge in [0.05, 0.1) is 0 Å². The van der Waals surface area contributed by atoms with Gasteiger partial charge in [-0.25, -0.2) is 0 Å². The Balaban J connectivity index is 0. The van der Waals surface area contributed by atoms with E-state index in [4.69, 9.17) is 0 Å². The summed E-state index contributed by atoms with van der Waals surface area (Å²) in [6, 6.07) is 9.49. The number of rotatable bonds is 5. The van der Waals surface area contributed by atoms with Gasteiger partial charge in [0.1, 0.15) is 0 Å². The monoisotopic (exact) mass is 521 g/mol. The van der Waals surface area contributed by atoms with Gasteiger partial charge in [-0.3, -0.25) is 0 Å². The molecule has 0 spiro atoms. The average Bonchev–Trinajstić information content (AvgIpc) is 3.04. The first kappa shape index (κ1) is 27.9. The summed E-state index contributed by atoms with van der Waals surface area (Å²) < 4.78 is 0. The van der Waals surface area contributed by atoms with Crippen molar-refractivity contribution >= 4 is 10.8 Å². The van der Waals surface area contributed by atoms with Gasteiger partial charge in [0.2, 0.25) is 0 Å². The Labute approximate surface area is 183 Å². The van der Waals surface area contributed by atoms with Crippen molar-refractivity contribution in [3.8, 4) is 0 Å². The quantitative estimate of drug-likeness (QED) is 0.274. The minimum absolute atomic E-state index is 0. The fraction of sp³-hybridized carbons (Fsp3) is 0.560. The molecule has 0 aliphatic rings. The van der Waals surface area contributed by atoms with Gasteiger partial charge >= 0.3 is 0 Å². The number of fused-ring (bicyclic) bond motifs is 1. The molecule has 0 radical (unpaired) electrons. The zero-order chi connectivity index (χ0) is 19.4.